The molecule has 1 N–H and O–H groups in total. The lowest BCUT2D eigenvalue weighted by Gasteiger charge is -2.24. The van der Waals surface area contributed by atoms with Crippen LogP contribution in [0, 0.1) is 17.8 Å². The van der Waals surface area contributed by atoms with E-state index in [2.05, 4.69) is 4.74 Å². The molecular weight excluding hydrogens is 281 g/mol. The summed E-state index contributed by atoms with van der Waals surface area (Å²) in [6.45, 7) is 0. The summed E-state index contributed by atoms with van der Waals surface area (Å²) in [5.74, 6) is 1.73. The van der Waals surface area contributed by atoms with Gasteiger partial charge in [-0.2, -0.15) is 0 Å². The van der Waals surface area contributed by atoms with Gasteiger partial charge in [-0.15, -0.1) is 13.2 Å². The molecule has 2 nitrogen and oxygen atoms in total. The number of benzene rings is 1. The van der Waals surface area contributed by atoms with Gasteiger partial charge >= 0.3 is 6.36 Å². The van der Waals surface area contributed by atoms with E-state index in [9.17, 15) is 18.3 Å². The Morgan fingerprint density at radius 3 is 2.67 bits per heavy atom. The average molecular weight is 300 g/mol. The van der Waals surface area contributed by atoms with Crippen LogP contribution < -0.4 is 4.74 Å². The lowest BCUT2D eigenvalue weighted by Crippen LogP contribution is -2.17. The molecule has 3 rings (SSSR count). The fraction of sp³-hybridized carbons (Fsp3) is 0.625. The Balaban J connectivity index is 1.64. The summed E-state index contributed by atoms with van der Waals surface area (Å²) in [5, 5.41) is 10.3. The van der Waals surface area contributed by atoms with Crippen LogP contribution in [-0.4, -0.2) is 11.5 Å². The molecule has 2 aliphatic rings. The topological polar surface area (TPSA) is 29.5 Å². The van der Waals surface area contributed by atoms with Gasteiger partial charge in [0.05, 0.1) is 6.10 Å². The Bertz CT molecular complexity index is 501. The van der Waals surface area contributed by atoms with Crippen molar-refractivity contribution in [2.45, 2.75) is 44.6 Å². The highest BCUT2D eigenvalue weighted by atomic mass is 19.4. The number of ether oxygens (including phenoxy) is 1. The average Bonchev–Trinajstić information content (AvgIpc) is 2.99. The molecule has 0 aromatic heterocycles. The van der Waals surface area contributed by atoms with Crippen molar-refractivity contribution in [2.75, 3.05) is 0 Å². The molecule has 2 aliphatic carbocycles. The van der Waals surface area contributed by atoms with Crippen LogP contribution in [0.15, 0.2) is 24.3 Å². The van der Waals surface area contributed by atoms with Crippen LogP contribution in [-0.2, 0) is 0 Å². The molecule has 0 radical (unpaired) electrons. The smallest absolute Gasteiger partial charge is 0.406 e. The second kappa shape index (κ2) is 5.52. The molecular formula is C16H19F3O2. The first kappa shape index (κ1) is 14.7. The minimum atomic E-state index is -4.70. The van der Waals surface area contributed by atoms with Gasteiger partial charge in [0, 0.05) is 0 Å². The van der Waals surface area contributed by atoms with Crippen molar-refractivity contribution in [1.29, 1.82) is 0 Å². The molecule has 2 saturated carbocycles. The normalized spacial score (nSPS) is 29.6. The lowest BCUT2D eigenvalue weighted by atomic mass is 9.83. The molecule has 1 aromatic rings. The Kier molecular flexibility index (Phi) is 3.86. The summed E-state index contributed by atoms with van der Waals surface area (Å²) in [6.07, 6.45) is 0.164. The Morgan fingerprint density at radius 1 is 1.24 bits per heavy atom. The standard InChI is InChI=1S/C16H19F3O2/c17-16(18,19)21-14-3-1-2-12(8-14)15(20)9-13-7-10-4-5-11(13)6-10/h1-3,8,10-11,13,15,20H,4-7,9H2. The van der Waals surface area contributed by atoms with Gasteiger partial charge in [-0.25, -0.2) is 0 Å². The molecule has 1 aromatic carbocycles. The quantitative estimate of drug-likeness (QED) is 0.890. The van der Waals surface area contributed by atoms with Crippen LogP contribution in [0.5, 0.6) is 5.75 Å². The molecule has 116 valence electrons. The van der Waals surface area contributed by atoms with Gasteiger partial charge in [0.25, 0.3) is 0 Å². The summed E-state index contributed by atoms with van der Waals surface area (Å²) < 4.78 is 40.6. The molecule has 2 fully saturated rings. The first-order chi connectivity index (χ1) is 9.90. The third-order valence-corrected chi connectivity index (χ3v) is 4.89. The van der Waals surface area contributed by atoms with Crippen LogP contribution in [0.25, 0.3) is 0 Å². The highest BCUT2D eigenvalue weighted by molar-refractivity contribution is 5.30. The van der Waals surface area contributed by atoms with Crippen molar-refractivity contribution in [3.05, 3.63) is 29.8 Å². The van der Waals surface area contributed by atoms with Crippen LogP contribution in [0.4, 0.5) is 13.2 Å². The van der Waals surface area contributed by atoms with E-state index in [1.54, 1.807) is 6.07 Å². The highest BCUT2D eigenvalue weighted by Gasteiger charge is 2.40. The number of aliphatic hydroxyl groups excluding tert-OH is 1. The number of hydrogen-bond acceptors (Lipinski definition) is 2. The zero-order valence-corrected chi connectivity index (χ0v) is 11.6. The van der Waals surface area contributed by atoms with E-state index in [1.165, 1.54) is 37.5 Å². The van der Waals surface area contributed by atoms with Crippen molar-refractivity contribution < 1.29 is 23.0 Å². The highest BCUT2D eigenvalue weighted by Crippen LogP contribution is 2.51. The number of rotatable bonds is 4. The molecule has 4 unspecified atom stereocenters. The Morgan fingerprint density at radius 2 is 2.05 bits per heavy atom. The van der Waals surface area contributed by atoms with Crippen LogP contribution in [0.1, 0.15) is 43.8 Å². The first-order valence-corrected chi connectivity index (χ1v) is 7.44. The fourth-order valence-electron chi connectivity index (χ4n) is 4.01. The van der Waals surface area contributed by atoms with Crippen molar-refractivity contribution in [1.82, 2.24) is 0 Å². The summed E-state index contributed by atoms with van der Waals surface area (Å²) >= 11 is 0. The van der Waals surface area contributed by atoms with E-state index in [-0.39, 0.29) is 5.75 Å². The van der Waals surface area contributed by atoms with Crippen molar-refractivity contribution >= 4 is 0 Å². The van der Waals surface area contributed by atoms with Gasteiger partial charge in [0.15, 0.2) is 0 Å². The van der Waals surface area contributed by atoms with E-state index in [0.717, 1.165) is 12.3 Å². The monoisotopic (exact) mass is 300 g/mol. The van der Waals surface area contributed by atoms with Gasteiger partial charge in [-0.05, 0) is 61.1 Å². The van der Waals surface area contributed by atoms with Gasteiger partial charge < -0.3 is 9.84 Å². The molecule has 4 atom stereocenters. The maximum absolute atomic E-state index is 12.2. The molecule has 0 saturated heterocycles. The van der Waals surface area contributed by atoms with Gasteiger partial charge in [-0.3, -0.25) is 0 Å². The van der Waals surface area contributed by atoms with Gasteiger partial charge in [-0.1, -0.05) is 18.6 Å². The summed E-state index contributed by atoms with van der Waals surface area (Å²) in [4.78, 5) is 0. The van der Waals surface area contributed by atoms with Crippen LogP contribution in [0.2, 0.25) is 0 Å². The summed E-state index contributed by atoms with van der Waals surface area (Å²) in [7, 11) is 0. The van der Waals surface area contributed by atoms with E-state index >= 15 is 0 Å². The Labute approximate surface area is 121 Å². The predicted molar refractivity (Wildman–Crippen MR) is 71.6 cm³/mol. The molecule has 0 aliphatic heterocycles. The van der Waals surface area contributed by atoms with Gasteiger partial charge in [0.2, 0.25) is 0 Å². The molecule has 5 heteroatoms. The second-order valence-electron chi connectivity index (χ2n) is 6.31. The van der Waals surface area contributed by atoms with E-state index in [4.69, 9.17) is 0 Å². The zero-order chi connectivity index (χ0) is 15.0. The van der Waals surface area contributed by atoms with Crippen LogP contribution in [0.3, 0.4) is 0 Å². The summed E-state index contributed by atoms with van der Waals surface area (Å²) in [6, 6.07) is 5.67. The predicted octanol–water partition coefficient (Wildman–Crippen LogP) is 4.44. The van der Waals surface area contributed by atoms with E-state index < -0.39 is 12.5 Å². The summed E-state index contributed by atoms with van der Waals surface area (Å²) in [5.41, 5.74) is 0.500. The maximum atomic E-state index is 12.2. The molecule has 2 bridgehead atoms. The second-order valence-corrected chi connectivity index (χ2v) is 6.31. The van der Waals surface area contributed by atoms with Crippen molar-refractivity contribution in [3.63, 3.8) is 0 Å². The first-order valence-electron chi connectivity index (χ1n) is 7.44. The van der Waals surface area contributed by atoms with Crippen molar-refractivity contribution in [2.24, 2.45) is 17.8 Å². The lowest BCUT2D eigenvalue weighted by molar-refractivity contribution is -0.274. The number of aliphatic hydroxyl groups is 1. The molecule has 0 heterocycles. The number of alkyl halides is 3. The fourth-order valence-corrected chi connectivity index (χ4v) is 4.01. The molecule has 0 amide bonds. The third-order valence-electron chi connectivity index (χ3n) is 4.89. The third kappa shape index (κ3) is 3.51. The zero-order valence-electron chi connectivity index (χ0n) is 11.6. The number of fused-ring (bicyclic) bond motifs is 2. The largest absolute Gasteiger partial charge is 0.573 e. The minimum Gasteiger partial charge on any atom is -0.406 e. The number of hydrogen-bond donors (Lipinski definition) is 1. The van der Waals surface area contributed by atoms with Crippen LogP contribution >= 0.6 is 0 Å². The molecule has 0 spiro atoms. The Hall–Kier alpha value is -1.23. The number of halogens is 3. The minimum absolute atomic E-state index is 0.271. The molecule has 21 heavy (non-hydrogen) atoms. The SMILES string of the molecule is OC(CC1CC2CCC1C2)c1cccc(OC(F)(F)F)c1. The maximum Gasteiger partial charge on any atom is 0.573 e. The van der Waals surface area contributed by atoms with Crippen molar-refractivity contribution in [3.8, 4) is 5.75 Å². The van der Waals surface area contributed by atoms with E-state index in [1.807, 2.05) is 0 Å². The van der Waals surface area contributed by atoms with Gasteiger partial charge in [0.1, 0.15) is 5.75 Å². The van der Waals surface area contributed by atoms with E-state index in [0.29, 0.717) is 23.8 Å².